The van der Waals surface area contributed by atoms with E-state index >= 15 is 0 Å². The molecule has 8 heteroatoms. The van der Waals surface area contributed by atoms with Crippen LogP contribution in [-0.4, -0.2) is 49.7 Å². The van der Waals surface area contributed by atoms with Crippen LogP contribution < -0.4 is 0 Å². The summed E-state index contributed by atoms with van der Waals surface area (Å²) in [5.41, 5.74) is 0. The predicted molar refractivity (Wildman–Crippen MR) is 98.4 cm³/mol. The van der Waals surface area contributed by atoms with Crippen molar-refractivity contribution in [2.24, 2.45) is 5.92 Å². The summed E-state index contributed by atoms with van der Waals surface area (Å²) in [4.78, 5) is 14.6. The van der Waals surface area contributed by atoms with E-state index in [0.717, 1.165) is 38.8 Å². The van der Waals surface area contributed by atoms with E-state index in [-0.39, 0.29) is 28.3 Å². The summed E-state index contributed by atoms with van der Waals surface area (Å²) in [6.07, 6.45) is 4.60. The van der Waals surface area contributed by atoms with Gasteiger partial charge in [0.25, 0.3) is 0 Å². The van der Waals surface area contributed by atoms with Crippen LogP contribution in [0.2, 0.25) is 10.0 Å². The van der Waals surface area contributed by atoms with Crippen molar-refractivity contribution in [3.8, 4) is 0 Å². The lowest BCUT2D eigenvalue weighted by Gasteiger charge is -2.35. The Kier molecular flexibility index (Phi) is 5.93. The molecule has 0 spiro atoms. The van der Waals surface area contributed by atoms with Crippen molar-refractivity contribution in [1.29, 1.82) is 0 Å². The van der Waals surface area contributed by atoms with Crippen LogP contribution in [-0.2, 0) is 14.8 Å². The van der Waals surface area contributed by atoms with Crippen LogP contribution in [0.3, 0.4) is 0 Å². The third-order valence-electron chi connectivity index (χ3n) is 4.91. The van der Waals surface area contributed by atoms with E-state index in [9.17, 15) is 13.2 Å². The number of benzene rings is 1. The zero-order chi connectivity index (χ0) is 18.0. The Morgan fingerprint density at radius 3 is 2.48 bits per heavy atom. The predicted octanol–water partition coefficient (Wildman–Crippen LogP) is 3.41. The van der Waals surface area contributed by atoms with E-state index in [4.69, 9.17) is 23.2 Å². The van der Waals surface area contributed by atoms with E-state index in [1.165, 1.54) is 16.4 Å². The SMILES string of the molecule is O=C([C@@H]1CCCN(S(=O)(=O)c2cc(Cl)ccc2Cl)C1)N1CCCCC1. The molecule has 5 nitrogen and oxygen atoms in total. The third-order valence-corrected chi connectivity index (χ3v) is 7.49. The first-order valence-electron chi connectivity index (χ1n) is 8.63. The van der Waals surface area contributed by atoms with Gasteiger partial charge >= 0.3 is 0 Å². The monoisotopic (exact) mass is 404 g/mol. The molecule has 2 aliphatic heterocycles. The van der Waals surface area contributed by atoms with Crippen molar-refractivity contribution in [3.05, 3.63) is 28.2 Å². The summed E-state index contributed by atoms with van der Waals surface area (Å²) in [6, 6.07) is 4.41. The molecule has 1 aromatic carbocycles. The third kappa shape index (κ3) is 4.13. The Balaban J connectivity index is 1.78. The molecule has 138 valence electrons. The van der Waals surface area contributed by atoms with E-state index in [0.29, 0.717) is 18.0 Å². The molecule has 2 saturated heterocycles. The van der Waals surface area contributed by atoms with Crippen LogP contribution in [0.4, 0.5) is 0 Å². The summed E-state index contributed by atoms with van der Waals surface area (Å²) in [5.74, 6) is -0.198. The fourth-order valence-electron chi connectivity index (χ4n) is 3.55. The fourth-order valence-corrected chi connectivity index (χ4v) is 5.81. The van der Waals surface area contributed by atoms with Crippen molar-refractivity contribution in [2.75, 3.05) is 26.2 Å². The lowest BCUT2D eigenvalue weighted by molar-refractivity contribution is -0.137. The molecule has 2 fully saturated rings. The number of sulfonamides is 1. The molecule has 2 heterocycles. The molecule has 0 saturated carbocycles. The first kappa shape index (κ1) is 19.0. The number of hydrogen-bond acceptors (Lipinski definition) is 3. The quantitative estimate of drug-likeness (QED) is 0.775. The number of halogens is 2. The fraction of sp³-hybridized carbons (Fsp3) is 0.588. The van der Waals surface area contributed by atoms with E-state index in [1.54, 1.807) is 6.07 Å². The molecular formula is C17H22Cl2N2O3S. The molecular weight excluding hydrogens is 383 g/mol. The maximum Gasteiger partial charge on any atom is 0.244 e. The molecule has 0 unspecified atom stereocenters. The van der Waals surface area contributed by atoms with Crippen LogP contribution in [0.5, 0.6) is 0 Å². The number of rotatable bonds is 3. The van der Waals surface area contributed by atoms with Gasteiger partial charge in [0.05, 0.1) is 10.9 Å². The lowest BCUT2D eigenvalue weighted by atomic mass is 9.97. The highest BCUT2D eigenvalue weighted by Crippen LogP contribution is 2.31. The van der Waals surface area contributed by atoms with Crippen LogP contribution in [0.15, 0.2) is 23.1 Å². The van der Waals surface area contributed by atoms with Gasteiger partial charge in [0.15, 0.2) is 0 Å². The molecule has 1 amide bonds. The maximum atomic E-state index is 13.0. The minimum atomic E-state index is -3.77. The molecule has 0 radical (unpaired) electrons. The van der Waals surface area contributed by atoms with E-state index < -0.39 is 10.0 Å². The van der Waals surface area contributed by atoms with Gasteiger partial charge in [-0.2, -0.15) is 4.31 Å². The van der Waals surface area contributed by atoms with Gasteiger partial charge in [-0.05, 0) is 50.3 Å². The number of piperidine rings is 2. The van der Waals surface area contributed by atoms with Gasteiger partial charge in [0.2, 0.25) is 15.9 Å². The van der Waals surface area contributed by atoms with Crippen molar-refractivity contribution in [1.82, 2.24) is 9.21 Å². The van der Waals surface area contributed by atoms with Crippen LogP contribution in [0.25, 0.3) is 0 Å². The molecule has 0 aliphatic carbocycles. The van der Waals surface area contributed by atoms with Crippen LogP contribution >= 0.6 is 23.2 Å². The highest BCUT2D eigenvalue weighted by atomic mass is 35.5. The normalized spacial score (nSPS) is 22.8. The number of likely N-dealkylation sites (tertiary alicyclic amines) is 1. The second-order valence-electron chi connectivity index (χ2n) is 6.66. The average molecular weight is 405 g/mol. The Labute approximate surface area is 158 Å². The van der Waals surface area contributed by atoms with Gasteiger partial charge in [0.1, 0.15) is 4.90 Å². The summed E-state index contributed by atoms with van der Waals surface area (Å²) >= 11 is 12.0. The highest BCUT2D eigenvalue weighted by molar-refractivity contribution is 7.89. The van der Waals surface area contributed by atoms with Crippen molar-refractivity contribution >= 4 is 39.1 Å². The second kappa shape index (κ2) is 7.82. The molecule has 0 aromatic heterocycles. The zero-order valence-electron chi connectivity index (χ0n) is 14.0. The van der Waals surface area contributed by atoms with E-state index in [2.05, 4.69) is 0 Å². The number of carbonyl (C=O) groups is 1. The average Bonchev–Trinajstić information content (AvgIpc) is 2.64. The van der Waals surface area contributed by atoms with Gasteiger partial charge in [-0.15, -0.1) is 0 Å². The molecule has 3 rings (SSSR count). The second-order valence-corrected chi connectivity index (χ2v) is 9.41. The zero-order valence-corrected chi connectivity index (χ0v) is 16.3. The number of hydrogen-bond donors (Lipinski definition) is 0. The van der Waals surface area contributed by atoms with Crippen molar-refractivity contribution < 1.29 is 13.2 Å². The molecule has 0 N–H and O–H groups in total. The molecule has 25 heavy (non-hydrogen) atoms. The largest absolute Gasteiger partial charge is 0.342 e. The van der Waals surface area contributed by atoms with Gasteiger partial charge in [-0.3, -0.25) is 4.79 Å². The molecule has 1 aromatic rings. The number of carbonyl (C=O) groups excluding carboxylic acids is 1. The van der Waals surface area contributed by atoms with Crippen LogP contribution in [0, 0.1) is 5.92 Å². The minimum absolute atomic E-state index is 0.00716. The van der Waals surface area contributed by atoms with Crippen LogP contribution in [0.1, 0.15) is 32.1 Å². The van der Waals surface area contributed by atoms with Crippen molar-refractivity contribution in [3.63, 3.8) is 0 Å². The summed E-state index contributed by atoms with van der Waals surface area (Å²) in [7, 11) is -3.77. The summed E-state index contributed by atoms with van der Waals surface area (Å²) in [6.45, 7) is 2.17. The Bertz CT molecular complexity index is 748. The maximum absolute atomic E-state index is 13.0. The summed E-state index contributed by atoms with van der Waals surface area (Å²) < 4.78 is 27.3. The highest BCUT2D eigenvalue weighted by Gasteiger charge is 2.36. The molecule has 2 aliphatic rings. The van der Waals surface area contributed by atoms with Gasteiger partial charge in [-0.1, -0.05) is 23.2 Å². The topological polar surface area (TPSA) is 57.7 Å². The first-order chi connectivity index (χ1) is 11.9. The van der Waals surface area contributed by atoms with Gasteiger partial charge < -0.3 is 4.90 Å². The summed E-state index contributed by atoms with van der Waals surface area (Å²) in [5, 5.41) is 0.467. The molecule has 0 bridgehead atoms. The van der Waals surface area contributed by atoms with Crippen molar-refractivity contribution in [2.45, 2.75) is 37.0 Å². The first-order valence-corrected chi connectivity index (χ1v) is 10.8. The minimum Gasteiger partial charge on any atom is -0.342 e. The van der Waals surface area contributed by atoms with Gasteiger partial charge in [-0.25, -0.2) is 8.42 Å². The Morgan fingerprint density at radius 2 is 1.76 bits per heavy atom. The number of nitrogens with zero attached hydrogens (tertiary/aromatic N) is 2. The Hall–Kier alpha value is -0.820. The number of amides is 1. The lowest BCUT2D eigenvalue weighted by Crippen LogP contribution is -2.47. The van der Waals surface area contributed by atoms with E-state index in [1.807, 2.05) is 4.90 Å². The smallest absolute Gasteiger partial charge is 0.244 e. The standard InChI is InChI=1S/C17H22Cl2N2O3S/c18-14-6-7-15(19)16(11-14)25(23,24)21-10-4-5-13(12-21)17(22)20-8-2-1-3-9-20/h6-7,11,13H,1-5,8-10,12H2/t13-/m1/s1. The Morgan fingerprint density at radius 1 is 1.04 bits per heavy atom. The molecule has 1 atom stereocenters. The van der Waals surface area contributed by atoms with Gasteiger partial charge in [0, 0.05) is 31.2 Å².